The Hall–Kier alpha value is -3.45. The Labute approximate surface area is 192 Å². The number of aromatic carboxylic acids is 1. The quantitative estimate of drug-likeness (QED) is 0.610. The van der Waals surface area contributed by atoms with Crippen LogP contribution in [0, 0.1) is 5.82 Å². The molecule has 3 aromatic rings. The van der Waals surface area contributed by atoms with Crippen molar-refractivity contribution in [1.82, 2.24) is 9.80 Å². The van der Waals surface area contributed by atoms with Gasteiger partial charge in [-0.3, -0.25) is 9.69 Å². The molecule has 3 aromatic carbocycles. The number of amides is 1. The van der Waals surface area contributed by atoms with Gasteiger partial charge in [-0.2, -0.15) is 0 Å². The molecule has 0 spiro atoms. The van der Waals surface area contributed by atoms with Gasteiger partial charge in [-0.25, -0.2) is 9.18 Å². The van der Waals surface area contributed by atoms with Crippen molar-refractivity contribution < 1.29 is 23.8 Å². The minimum Gasteiger partial charge on any atom is -0.484 e. The molecule has 0 aliphatic carbocycles. The zero-order valence-corrected chi connectivity index (χ0v) is 18.7. The van der Waals surface area contributed by atoms with Crippen LogP contribution < -0.4 is 4.74 Å². The summed E-state index contributed by atoms with van der Waals surface area (Å²) in [6.45, 7) is 6.09. The van der Waals surface area contributed by atoms with Gasteiger partial charge in [-0.1, -0.05) is 24.3 Å². The zero-order valence-electron chi connectivity index (χ0n) is 18.7. The first-order valence-electron chi connectivity index (χ1n) is 11.0. The Morgan fingerprint density at radius 3 is 2.39 bits per heavy atom. The minimum absolute atomic E-state index is 0.0313. The molecule has 1 aliphatic rings. The second-order valence-electron chi connectivity index (χ2n) is 8.62. The lowest BCUT2D eigenvalue weighted by Gasteiger charge is -2.44. The molecule has 33 heavy (non-hydrogen) atoms. The van der Waals surface area contributed by atoms with E-state index in [2.05, 4.69) is 11.8 Å². The van der Waals surface area contributed by atoms with E-state index in [9.17, 15) is 14.0 Å². The van der Waals surface area contributed by atoms with Gasteiger partial charge >= 0.3 is 5.97 Å². The lowest BCUT2D eigenvalue weighted by atomic mass is 10.1. The summed E-state index contributed by atoms with van der Waals surface area (Å²) < 4.78 is 18.9. The first-order valence-corrected chi connectivity index (χ1v) is 11.0. The third kappa shape index (κ3) is 5.31. The largest absolute Gasteiger partial charge is 0.484 e. The average molecular weight is 451 g/mol. The molecule has 0 bridgehead atoms. The number of carboxylic acids is 1. The van der Waals surface area contributed by atoms with Gasteiger partial charge < -0.3 is 14.7 Å². The molecule has 1 aliphatic heterocycles. The van der Waals surface area contributed by atoms with Crippen LogP contribution in [-0.2, 0) is 11.3 Å². The van der Waals surface area contributed by atoms with Crippen LogP contribution in [0.1, 0.15) is 29.8 Å². The molecule has 0 saturated carbocycles. The van der Waals surface area contributed by atoms with Crippen molar-refractivity contribution in [2.45, 2.75) is 32.5 Å². The highest BCUT2D eigenvalue weighted by Gasteiger charge is 2.32. The number of hydrogen-bond acceptors (Lipinski definition) is 4. The van der Waals surface area contributed by atoms with Crippen LogP contribution in [-0.4, -0.2) is 58.6 Å². The van der Waals surface area contributed by atoms with Crippen LogP contribution in [0.25, 0.3) is 10.8 Å². The maximum Gasteiger partial charge on any atom is 0.335 e. The summed E-state index contributed by atoms with van der Waals surface area (Å²) in [5, 5.41) is 10.8. The highest BCUT2D eigenvalue weighted by molar-refractivity contribution is 5.94. The van der Waals surface area contributed by atoms with Gasteiger partial charge in [0, 0.05) is 31.7 Å². The molecule has 1 saturated heterocycles. The Kier molecular flexibility index (Phi) is 6.60. The molecule has 2 atom stereocenters. The molecular weight excluding hydrogens is 423 g/mol. The predicted octanol–water partition coefficient (Wildman–Crippen LogP) is 4.18. The third-order valence-corrected chi connectivity index (χ3v) is 6.16. The van der Waals surface area contributed by atoms with E-state index in [1.54, 1.807) is 48.5 Å². The Bertz CT molecular complexity index is 1160. The number of rotatable bonds is 6. The first kappa shape index (κ1) is 22.7. The van der Waals surface area contributed by atoms with Crippen LogP contribution in [0.2, 0.25) is 0 Å². The van der Waals surface area contributed by atoms with E-state index in [0.717, 1.165) is 22.9 Å². The van der Waals surface area contributed by atoms with Crippen LogP contribution >= 0.6 is 0 Å². The molecule has 7 heteroatoms. The Morgan fingerprint density at radius 1 is 0.970 bits per heavy atom. The van der Waals surface area contributed by atoms with E-state index >= 15 is 0 Å². The first-order chi connectivity index (χ1) is 15.8. The van der Waals surface area contributed by atoms with E-state index < -0.39 is 5.97 Å². The van der Waals surface area contributed by atoms with Crippen molar-refractivity contribution >= 4 is 22.6 Å². The number of carbonyl (C=O) groups excluding carboxylic acids is 1. The van der Waals surface area contributed by atoms with Crippen LogP contribution in [0.3, 0.4) is 0 Å². The van der Waals surface area contributed by atoms with Crippen molar-refractivity contribution in [1.29, 1.82) is 0 Å². The number of fused-ring (bicyclic) bond motifs is 1. The second-order valence-corrected chi connectivity index (χ2v) is 8.62. The van der Waals surface area contributed by atoms with Crippen LogP contribution in [0.15, 0.2) is 60.7 Å². The van der Waals surface area contributed by atoms with Crippen LogP contribution in [0.4, 0.5) is 4.39 Å². The third-order valence-electron chi connectivity index (χ3n) is 6.16. The highest BCUT2D eigenvalue weighted by Crippen LogP contribution is 2.23. The summed E-state index contributed by atoms with van der Waals surface area (Å²) in [7, 11) is 0. The fraction of sp³-hybridized carbons (Fsp3) is 0.308. The number of piperazine rings is 1. The summed E-state index contributed by atoms with van der Waals surface area (Å²) in [6, 6.07) is 17.0. The summed E-state index contributed by atoms with van der Waals surface area (Å²) >= 11 is 0. The summed E-state index contributed by atoms with van der Waals surface area (Å²) in [6.07, 6.45) is 0. The van der Waals surface area contributed by atoms with Gasteiger partial charge in [0.05, 0.1) is 5.56 Å². The van der Waals surface area contributed by atoms with Crippen molar-refractivity contribution in [3.63, 3.8) is 0 Å². The van der Waals surface area contributed by atoms with E-state index in [0.29, 0.717) is 18.8 Å². The van der Waals surface area contributed by atoms with Gasteiger partial charge in [0.15, 0.2) is 6.61 Å². The molecule has 6 nitrogen and oxygen atoms in total. The number of carbonyl (C=O) groups is 2. The number of benzene rings is 3. The van der Waals surface area contributed by atoms with E-state index in [4.69, 9.17) is 9.84 Å². The molecule has 2 unspecified atom stereocenters. The molecule has 1 heterocycles. The average Bonchev–Trinajstić information content (AvgIpc) is 2.80. The molecule has 172 valence electrons. The lowest BCUT2D eigenvalue weighted by molar-refractivity contribution is -0.139. The fourth-order valence-electron chi connectivity index (χ4n) is 4.26. The predicted molar refractivity (Wildman–Crippen MR) is 124 cm³/mol. The zero-order chi connectivity index (χ0) is 23.5. The monoisotopic (exact) mass is 450 g/mol. The van der Waals surface area contributed by atoms with E-state index in [1.807, 2.05) is 11.8 Å². The molecular formula is C26H27FN2O4. The Balaban J connectivity index is 1.35. The standard InChI is InChI=1S/C26H27FN2O4/c1-17-14-29(18(2)13-28(17)15-19-3-8-23(27)9-4-19)25(30)16-33-24-10-7-20-11-22(26(31)32)6-5-21(20)12-24/h3-12,17-18H,13-16H2,1-2H3,(H,31,32). The molecule has 0 radical (unpaired) electrons. The van der Waals surface area contributed by atoms with Crippen molar-refractivity contribution in [2.75, 3.05) is 19.7 Å². The van der Waals surface area contributed by atoms with Gasteiger partial charge in [-0.15, -0.1) is 0 Å². The fourth-order valence-corrected chi connectivity index (χ4v) is 4.26. The molecule has 1 amide bonds. The van der Waals surface area contributed by atoms with Crippen molar-refractivity contribution in [3.8, 4) is 5.75 Å². The SMILES string of the molecule is CC1CN(C(=O)COc2ccc3cc(C(=O)O)ccc3c2)C(C)CN1Cc1ccc(F)cc1. The van der Waals surface area contributed by atoms with Crippen LogP contribution in [0.5, 0.6) is 5.75 Å². The molecule has 1 fully saturated rings. The van der Waals surface area contributed by atoms with Gasteiger partial charge in [0.25, 0.3) is 5.91 Å². The van der Waals surface area contributed by atoms with Crippen molar-refractivity contribution in [3.05, 3.63) is 77.6 Å². The van der Waals surface area contributed by atoms with E-state index in [-0.39, 0.29) is 36.0 Å². The maximum absolute atomic E-state index is 13.2. The van der Waals surface area contributed by atoms with Gasteiger partial charge in [0.2, 0.25) is 0 Å². The van der Waals surface area contributed by atoms with Crippen molar-refractivity contribution in [2.24, 2.45) is 0 Å². The number of ether oxygens (including phenoxy) is 1. The summed E-state index contributed by atoms with van der Waals surface area (Å²) in [5.74, 6) is -0.720. The van der Waals surface area contributed by atoms with E-state index in [1.165, 1.54) is 12.1 Å². The summed E-state index contributed by atoms with van der Waals surface area (Å²) in [5.41, 5.74) is 1.28. The lowest BCUT2D eigenvalue weighted by Crippen LogP contribution is -2.58. The molecule has 4 rings (SSSR count). The minimum atomic E-state index is -0.969. The molecule has 1 N–H and O–H groups in total. The number of carboxylic acid groups (broad SMARTS) is 1. The van der Waals surface area contributed by atoms with Gasteiger partial charge in [-0.05, 0) is 66.6 Å². The number of nitrogens with zero attached hydrogens (tertiary/aromatic N) is 2. The normalized spacial score (nSPS) is 18.9. The number of halogens is 1. The highest BCUT2D eigenvalue weighted by atomic mass is 19.1. The molecule has 0 aromatic heterocycles. The maximum atomic E-state index is 13.2. The second kappa shape index (κ2) is 9.58. The summed E-state index contributed by atoms with van der Waals surface area (Å²) in [4.78, 5) is 28.2. The van der Waals surface area contributed by atoms with Gasteiger partial charge in [0.1, 0.15) is 11.6 Å². The number of hydrogen-bond donors (Lipinski definition) is 1. The Morgan fingerprint density at radius 2 is 1.67 bits per heavy atom. The topological polar surface area (TPSA) is 70.1 Å². The smallest absolute Gasteiger partial charge is 0.335 e.